The molecule has 2 aliphatic rings. The monoisotopic (exact) mass is 300 g/mol. The molecule has 0 bridgehead atoms. The molecule has 5 rings (SSSR count). The van der Waals surface area contributed by atoms with Crippen molar-refractivity contribution in [2.45, 2.75) is 13.8 Å². The predicted octanol–water partition coefficient (Wildman–Crippen LogP) is 2.01. The average molecular weight is 300 g/mol. The van der Waals surface area contributed by atoms with E-state index in [4.69, 9.17) is 8.83 Å². The van der Waals surface area contributed by atoms with Crippen LogP contribution in [0, 0.1) is 13.8 Å². The lowest BCUT2D eigenvalue weighted by atomic mass is 9.91. The van der Waals surface area contributed by atoms with E-state index >= 15 is 8.63 Å². The number of furan rings is 2. The van der Waals surface area contributed by atoms with E-state index in [2.05, 4.69) is 0 Å². The van der Waals surface area contributed by atoms with Crippen LogP contribution in [0.3, 0.4) is 0 Å². The first-order chi connectivity index (χ1) is 10.4. The van der Waals surface area contributed by atoms with Gasteiger partial charge in [0, 0.05) is 30.0 Å². The summed E-state index contributed by atoms with van der Waals surface area (Å²) in [4.78, 5) is 0. The summed E-state index contributed by atoms with van der Waals surface area (Å²) in [6.07, 6.45) is 3.39. The minimum Gasteiger partial charge on any atom is -0.460 e. The fourth-order valence-electron chi connectivity index (χ4n) is 3.49. The fraction of sp³-hybridized carbons (Fsp3) is 0.133. The van der Waals surface area contributed by atoms with Crippen molar-refractivity contribution in [3.8, 4) is 0 Å². The number of aryl methyl sites for hydroxylation is 2. The lowest BCUT2D eigenvalue weighted by molar-refractivity contribution is 0.496. The highest BCUT2D eigenvalue weighted by Crippen LogP contribution is 2.34. The van der Waals surface area contributed by atoms with E-state index in [1.54, 1.807) is 44.2 Å². The molecule has 3 aromatic rings. The summed E-state index contributed by atoms with van der Waals surface area (Å²) in [6.45, 7) is -0.494. The average Bonchev–Trinajstić information content (AvgIpc) is 3.06. The number of rotatable bonds is 0. The van der Waals surface area contributed by atoms with Crippen LogP contribution in [0.5, 0.6) is 0 Å². The Kier molecular flexibility index (Phi) is 1.87. The SMILES string of the molecule is Cc1cc2c(o1)=CC1=Cc3cc4oc(C)cc4n3[B-](F)(F)[N+]=21. The van der Waals surface area contributed by atoms with E-state index in [1.807, 2.05) is 0 Å². The van der Waals surface area contributed by atoms with Gasteiger partial charge in [-0.1, -0.05) is 0 Å². The summed E-state index contributed by atoms with van der Waals surface area (Å²) in [5.41, 5.74) is 2.28. The van der Waals surface area contributed by atoms with Gasteiger partial charge in [-0.15, -0.1) is 0 Å². The number of halogens is 2. The maximum Gasteiger partial charge on any atom is 0.738 e. The van der Waals surface area contributed by atoms with Gasteiger partial charge in [0.2, 0.25) is 5.36 Å². The third-order valence-electron chi connectivity index (χ3n) is 4.28. The first kappa shape index (κ1) is 12.0. The summed E-state index contributed by atoms with van der Waals surface area (Å²) < 4.78 is 43.6. The topological polar surface area (TPSA) is 34.2 Å². The zero-order valence-corrected chi connectivity index (χ0v) is 11.9. The largest absolute Gasteiger partial charge is 0.738 e. The van der Waals surface area contributed by atoms with Crippen LogP contribution in [0.4, 0.5) is 8.63 Å². The van der Waals surface area contributed by atoms with Gasteiger partial charge in [0.1, 0.15) is 17.1 Å². The van der Waals surface area contributed by atoms with Crippen LogP contribution in [0.25, 0.3) is 23.3 Å². The second-order valence-corrected chi connectivity index (χ2v) is 5.82. The molecule has 0 aromatic carbocycles. The van der Waals surface area contributed by atoms with Crippen LogP contribution in [0.1, 0.15) is 17.2 Å². The Bertz CT molecular complexity index is 1130. The maximum atomic E-state index is 15.2. The van der Waals surface area contributed by atoms with E-state index in [1.165, 1.54) is 0 Å². The summed E-state index contributed by atoms with van der Waals surface area (Å²) in [6, 6.07) is 4.95. The number of fused-ring (bicyclic) bond motifs is 5. The Morgan fingerprint density at radius 2 is 1.82 bits per heavy atom. The molecular weight excluding hydrogens is 289 g/mol. The predicted molar refractivity (Wildman–Crippen MR) is 78.7 cm³/mol. The zero-order chi connectivity index (χ0) is 15.2. The molecular formula is C15H11BF2N2O2. The van der Waals surface area contributed by atoms with Gasteiger partial charge in [-0.25, -0.2) is 0 Å². The highest BCUT2D eigenvalue weighted by molar-refractivity contribution is 6.65. The lowest BCUT2D eigenvalue weighted by Crippen LogP contribution is -2.55. The normalized spacial score (nSPS) is 18.0. The van der Waals surface area contributed by atoms with Crippen LogP contribution >= 0.6 is 0 Å². The minimum atomic E-state index is -4.00. The second-order valence-electron chi connectivity index (χ2n) is 5.82. The molecule has 7 heteroatoms. The van der Waals surface area contributed by atoms with Gasteiger partial charge in [-0.05, 0) is 13.8 Å². The molecule has 0 aliphatic carbocycles. The first-order valence-corrected chi connectivity index (χ1v) is 7.05. The van der Waals surface area contributed by atoms with Gasteiger partial charge in [0.25, 0.3) is 0 Å². The van der Waals surface area contributed by atoms with Crippen LogP contribution < -0.4 is 15.3 Å². The Hall–Kier alpha value is -2.57. The van der Waals surface area contributed by atoms with E-state index in [0.717, 1.165) is 8.96 Å². The second kappa shape index (κ2) is 3.43. The highest BCUT2D eigenvalue weighted by Gasteiger charge is 2.52. The molecule has 3 aromatic heterocycles. The summed E-state index contributed by atoms with van der Waals surface area (Å²) in [5, 5.41) is 0.418. The molecule has 0 saturated heterocycles. The minimum absolute atomic E-state index is 0.418. The standard InChI is InChI=1S/C15H11BF2N2O2/c1-8-3-12-14(21-8)6-10-5-11-7-15-13(4-9(2)22-15)20(11)16(17,18)19(10)12/h3-7H,1-2H3. The maximum absolute atomic E-state index is 15.2. The lowest BCUT2D eigenvalue weighted by Gasteiger charge is -2.27. The van der Waals surface area contributed by atoms with Gasteiger partial charge >= 0.3 is 6.97 Å². The number of hydrogen-bond donors (Lipinski definition) is 0. The van der Waals surface area contributed by atoms with Crippen molar-refractivity contribution in [2.24, 2.45) is 0 Å². The molecule has 0 spiro atoms. The first-order valence-electron chi connectivity index (χ1n) is 7.05. The molecule has 22 heavy (non-hydrogen) atoms. The Balaban J connectivity index is 1.94. The van der Waals surface area contributed by atoms with E-state index in [0.29, 0.717) is 44.8 Å². The smallest absolute Gasteiger partial charge is 0.460 e. The molecule has 0 unspecified atom stereocenters. The number of nitrogens with zero attached hydrogens (tertiary/aromatic N) is 2. The summed E-state index contributed by atoms with van der Waals surface area (Å²) in [7, 11) is 0. The Morgan fingerprint density at radius 1 is 1.05 bits per heavy atom. The van der Waals surface area contributed by atoms with Crippen LogP contribution in [-0.4, -0.2) is 11.4 Å². The summed E-state index contributed by atoms with van der Waals surface area (Å²) in [5.74, 6) is 1.24. The molecule has 0 saturated carbocycles. The molecule has 2 aliphatic heterocycles. The number of aromatic nitrogens is 1. The van der Waals surface area contributed by atoms with Crippen molar-refractivity contribution in [2.75, 3.05) is 0 Å². The highest BCUT2D eigenvalue weighted by atomic mass is 19.2. The van der Waals surface area contributed by atoms with Crippen molar-refractivity contribution < 1.29 is 17.5 Å². The molecule has 110 valence electrons. The van der Waals surface area contributed by atoms with Crippen molar-refractivity contribution in [1.29, 1.82) is 0 Å². The van der Waals surface area contributed by atoms with E-state index in [9.17, 15) is 0 Å². The van der Waals surface area contributed by atoms with Crippen LogP contribution in [0.2, 0.25) is 0 Å². The van der Waals surface area contributed by atoms with Gasteiger partial charge in [-0.2, -0.15) is 0 Å². The fourth-order valence-corrected chi connectivity index (χ4v) is 3.49. The summed E-state index contributed by atoms with van der Waals surface area (Å²) >= 11 is 0. The molecule has 0 atom stereocenters. The van der Waals surface area contributed by atoms with Crippen LogP contribution in [0.15, 0.2) is 32.7 Å². The Labute approximate surface area is 123 Å². The van der Waals surface area contributed by atoms with Crippen molar-refractivity contribution in [3.63, 3.8) is 0 Å². The molecule has 0 amide bonds. The van der Waals surface area contributed by atoms with Gasteiger partial charge in [-0.3, -0.25) is 0 Å². The van der Waals surface area contributed by atoms with Gasteiger partial charge in [0.05, 0.1) is 11.6 Å². The van der Waals surface area contributed by atoms with Crippen molar-refractivity contribution >= 4 is 30.2 Å². The zero-order valence-electron chi connectivity index (χ0n) is 11.9. The molecule has 0 N–H and O–H groups in total. The van der Waals surface area contributed by atoms with Crippen molar-refractivity contribution in [3.05, 3.63) is 51.9 Å². The molecule has 0 fully saturated rings. The quantitative estimate of drug-likeness (QED) is 0.595. The van der Waals surface area contributed by atoms with Gasteiger partial charge < -0.3 is 26.4 Å². The van der Waals surface area contributed by atoms with Crippen LogP contribution in [-0.2, 0) is 0 Å². The van der Waals surface area contributed by atoms with E-state index in [-0.39, 0.29) is 0 Å². The third-order valence-corrected chi connectivity index (χ3v) is 4.28. The molecule has 4 nitrogen and oxygen atoms in total. The number of hydrogen-bond acceptors (Lipinski definition) is 2. The number of allylic oxidation sites excluding steroid dienone is 1. The van der Waals surface area contributed by atoms with Crippen molar-refractivity contribution in [1.82, 2.24) is 8.96 Å². The van der Waals surface area contributed by atoms with Gasteiger partial charge in [0.15, 0.2) is 11.1 Å². The molecule has 0 radical (unpaired) electrons. The molecule has 5 heterocycles. The third kappa shape index (κ3) is 1.25. The Morgan fingerprint density at radius 3 is 2.64 bits per heavy atom. The van der Waals surface area contributed by atoms with E-state index < -0.39 is 6.97 Å².